The lowest BCUT2D eigenvalue weighted by Gasteiger charge is -2.41. The smallest absolute Gasteiger partial charge is 0.232 e. The molecule has 0 saturated carbocycles. The molecule has 1 fully saturated rings. The number of aliphatic imine (C=N–C) groups is 1. The number of halogens is 2. The molecule has 1 aromatic heterocycles. The summed E-state index contributed by atoms with van der Waals surface area (Å²) in [6.07, 6.45) is 2.32. The number of guanidine groups is 1. The Balaban J connectivity index is 1.68. The molecule has 4 rings (SSSR count). The Morgan fingerprint density at radius 3 is 2.59 bits per heavy atom. The number of nitrogens with zero attached hydrogens (tertiary/aromatic N) is 3. The van der Waals surface area contributed by atoms with Crippen LogP contribution in [0.15, 0.2) is 41.5 Å². The van der Waals surface area contributed by atoms with Gasteiger partial charge in [0, 0.05) is 17.8 Å². The molecule has 1 aromatic carbocycles. The lowest BCUT2D eigenvalue weighted by molar-refractivity contribution is -0.131. The first-order valence-corrected chi connectivity index (χ1v) is 12.8. The van der Waals surface area contributed by atoms with E-state index >= 15 is 0 Å². The number of aromatic nitrogens is 1. The maximum absolute atomic E-state index is 13.2. The lowest BCUT2D eigenvalue weighted by atomic mass is 9.85. The number of amides is 1. The fourth-order valence-corrected chi connectivity index (χ4v) is 6.52. The zero-order valence-electron chi connectivity index (χ0n) is 17.8. The van der Waals surface area contributed by atoms with E-state index in [1.807, 2.05) is 25.1 Å². The molecule has 2 N–H and O–H groups in total. The van der Waals surface area contributed by atoms with E-state index in [4.69, 9.17) is 28.9 Å². The summed E-state index contributed by atoms with van der Waals surface area (Å²) in [7, 11) is -3.12. The van der Waals surface area contributed by atoms with Crippen molar-refractivity contribution >= 4 is 44.9 Å². The van der Waals surface area contributed by atoms with Crippen LogP contribution in [0.25, 0.3) is 11.3 Å². The van der Waals surface area contributed by atoms with Gasteiger partial charge in [-0.25, -0.2) is 13.4 Å². The Morgan fingerprint density at radius 1 is 1.22 bits per heavy atom. The van der Waals surface area contributed by atoms with Crippen LogP contribution in [0, 0.1) is 0 Å². The van der Waals surface area contributed by atoms with Crippen LogP contribution in [0.3, 0.4) is 0 Å². The molecule has 2 aliphatic rings. The number of nitrogens with two attached hydrogens (primary N) is 1. The maximum Gasteiger partial charge on any atom is 0.232 e. The number of pyridine rings is 1. The normalized spacial score (nSPS) is 27.8. The summed E-state index contributed by atoms with van der Waals surface area (Å²) < 4.78 is 24.1. The number of hydrogen-bond acceptors (Lipinski definition) is 6. The van der Waals surface area contributed by atoms with E-state index in [1.54, 1.807) is 25.3 Å². The summed E-state index contributed by atoms with van der Waals surface area (Å²) in [5, 5.41) is 0.446. The maximum atomic E-state index is 13.2. The number of carbonyl (C=O) groups excluding carboxylic acids is 1. The quantitative estimate of drug-likeness (QED) is 0.698. The van der Waals surface area contributed by atoms with Crippen LogP contribution in [0.1, 0.15) is 38.7 Å². The highest BCUT2D eigenvalue weighted by Crippen LogP contribution is 2.42. The molecule has 1 amide bonds. The molecular formula is C22H24Cl2N4O3S. The second-order valence-electron chi connectivity index (χ2n) is 8.57. The van der Waals surface area contributed by atoms with Crippen LogP contribution in [-0.4, -0.2) is 47.2 Å². The van der Waals surface area contributed by atoms with Crippen molar-refractivity contribution in [3.05, 3.63) is 52.1 Å². The molecule has 3 atom stereocenters. The van der Waals surface area contributed by atoms with Gasteiger partial charge in [-0.3, -0.25) is 14.7 Å². The summed E-state index contributed by atoms with van der Waals surface area (Å²) in [4.78, 5) is 23.7. The monoisotopic (exact) mass is 494 g/mol. The minimum Gasteiger partial charge on any atom is -0.369 e. The van der Waals surface area contributed by atoms with Gasteiger partial charge in [-0.15, -0.1) is 0 Å². The molecular weight excluding hydrogens is 471 g/mol. The first kappa shape index (κ1) is 23.0. The molecule has 0 spiro atoms. The molecule has 7 nitrogen and oxygen atoms in total. The lowest BCUT2D eigenvalue weighted by Crippen LogP contribution is -2.56. The molecule has 2 aliphatic heterocycles. The Labute approximate surface area is 197 Å². The van der Waals surface area contributed by atoms with Crippen molar-refractivity contribution in [3.63, 3.8) is 0 Å². The minimum absolute atomic E-state index is 0.0368. The number of carbonyl (C=O) groups is 1. The number of hydrogen-bond donors (Lipinski definition) is 1. The van der Waals surface area contributed by atoms with Crippen molar-refractivity contribution in [1.82, 2.24) is 9.88 Å². The van der Waals surface area contributed by atoms with Crippen molar-refractivity contribution < 1.29 is 13.2 Å². The average molecular weight is 495 g/mol. The number of rotatable bonds is 3. The van der Waals surface area contributed by atoms with Crippen LogP contribution >= 0.6 is 23.2 Å². The zero-order chi connectivity index (χ0) is 23.3. The van der Waals surface area contributed by atoms with Crippen molar-refractivity contribution in [2.75, 3.05) is 5.75 Å². The predicted octanol–water partition coefficient (Wildman–Crippen LogP) is 3.78. The average Bonchev–Trinajstić information content (AvgIpc) is 2.71. The van der Waals surface area contributed by atoms with Gasteiger partial charge in [0.05, 0.1) is 38.7 Å². The van der Waals surface area contributed by atoms with E-state index < -0.39 is 20.6 Å². The summed E-state index contributed by atoms with van der Waals surface area (Å²) in [5.74, 6) is -0.0660. The minimum atomic E-state index is -3.12. The van der Waals surface area contributed by atoms with E-state index in [0.29, 0.717) is 39.7 Å². The predicted molar refractivity (Wildman–Crippen MR) is 126 cm³/mol. The molecule has 0 radical (unpaired) electrons. The van der Waals surface area contributed by atoms with Crippen LogP contribution in [0.2, 0.25) is 10.0 Å². The third kappa shape index (κ3) is 4.11. The summed E-state index contributed by atoms with van der Waals surface area (Å²) >= 11 is 12.7. The molecule has 0 unspecified atom stereocenters. The van der Waals surface area contributed by atoms with Crippen molar-refractivity contribution in [2.45, 2.75) is 49.9 Å². The van der Waals surface area contributed by atoms with Gasteiger partial charge < -0.3 is 5.73 Å². The highest BCUT2D eigenvalue weighted by molar-refractivity contribution is 7.92. The summed E-state index contributed by atoms with van der Waals surface area (Å²) in [6, 6.07) is 8.75. The SMILES string of the molecule is C[C@@H]1C[C@H](N2C(=O)C[C@@](C)(c3cccc(-c4ccc(Cl)cn4)c3Cl)N=C2N)CCS1(=O)=O. The van der Waals surface area contributed by atoms with E-state index in [9.17, 15) is 13.2 Å². The standard InChI is InChI=1S/C22H24Cl2N4O3S/c1-13-10-15(8-9-32(13,30)31)28-19(29)11-22(2,27-21(28)25)17-5-3-4-16(20(17)24)18-7-6-14(23)12-26-18/h3-7,12-13,15H,8-11H2,1-2H3,(H2,25,27)/t13-,15-,22+/m1/s1. The molecule has 1 saturated heterocycles. The highest BCUT2D eigenvalue weighted by Gasteiger charge is 2.44. The van der Waals surface area contributed by atoms with Gasteiger partial charge >= 0.3 is 0 Å². The van der Waals surface area contributed by atoms with E-state index in [0.717, 1.165) is 0 Å². The molecule has 3 heterocycles. The summed E-state index contributed by atoms with van der Waals surface area (Å²) in [5.41, 5.74) is 7.35. The third-order valence-corrected chi connectivity index (χ3v) is 9.13. The van der Waals surface area contributed by atoms with Crippen LogP contribution < -0.4 is 5.73 Å². The van der Waals surface area contributed by atoms with Crippen LogP contribution in [-0.2, 0) is 20.2 Å². The van der Waals surface area contributed by atoms with E-state index in [-0.39, 0.29) is 30.1 Å². The molecule has 0 aliphatic carbocycles. The molecule has 2 aromatic rings. The number of sulfone groups is 1. The van der Waals surface area contributed by atoms with Gasteiger partial charge in [0.2, 0.25) is 5.91 Å². The fraction of sp³-hybridized carbons (Fsp3) is 0.409. The van der Waals surface area contributed by atoms with Crippen LogP contribution in [0.4, 0.5) is 0 Å². The van der Waals surface area contributed by atoms with Crippen LogP contribution in [0.5, 0.6) is 0 Å². The van der Waals surface area contributed by atoms with Crippen molar-refractivity contribution in [1.29, 1.82) is 0 Å². The zero-order valence-corrected chi connectivity index (χ0v) is 20.1. The topological polar surface area (TPSA) is 106 Å². The fourth-order valence-electron chi connectivity index (χ4n) is 4.46. The Hall–Kier alpha value is -2.16. The van der Waals surface area contributed by atoms with Gasteiger partial charge in [0.1, 0.15) is 0 Å². The summed E-state index contributed by atoms with van der Waals surface area (Å²) in [6.45, 7) is 3.49. The second kappa shape index (κ2) is 8.32. The molecule has 170 valence electrons. The Kier molecular flexibility index (Phi) is 5.98. The highest BCUT2D eigenvalue weighted by atomic mass is 35.5. The third-order valence-electron chi connectivity index (χ3n) is 6.27. The largest absolute Gasteiger partial charge is 0.369 e. The second-order valence-corrected chi connectivity index (χ2v) is 11.9. The van der Waals surface area contributed by atoms with Gasteiger partial charge in [-0.05, 0) is 44.4 Å². The van der Waals surface area contributed by atoms with E-state index in [1.165, 1.54) is 4.90 Å². The first-order chi connectivity index (χ1) is 15.0. The van der Waals surface area contributed by atoms with Gasteiger partial charge in [0.15, 0.2) is 15.8 Å². The van der Waals surface area contributed by atoms with Gasteiger partial charge in [0.25, 0.3) is 0 Å². The Bertz CT molecular complexity index is 1200. The van der Waals surface area contributed by atoms with Crippen molar-refractivity contribution in [3.8, 4) is 11.3 Å². The van der Waals surface area contributed by atoms with E-state index in [2.05, 4.69) is 9.98 Å². The molecule has 0 bridgehead atoms. The van der Waals surface area contributed by atoms with Crippen molar-refractivity contribution in [2.24, 2.45) is 10.7 Å². The number of benzene rings is 1. The Morgan fingerprint density at radius 2 is 1.97 bits per heavy atom. The molecule has 10 heteroatoms. The molecule has 32 heavy (non-hydrogen) atoms. The van der Waals surface area contributed by atoms with Gasteiger partial charge in [-0.1, -0.05) is 41.4 Å². The first-order valence-electron chi connectivity index (χ1n) is 10.3. The van der Waals surface area contributed by atoms with Gasteiger partial charge in [-0.2, -0.15) is 0 Å².